The molecule has 0 aromatic carbocycles. The Kier molecular flexibility index (Phi) is 4.57. The Balaban J connectivity index is 1.89. The minimum absolute atomic E-state index is 0.259. The molecule has 1 aromatic heterocycles. The fraction of sp³-hybridized carbons (Fsp3) is 0.615. The van der Waals surface area contributed by atoms with E-state index in [9.17, 15) is 4.79 Å². The molecular formula is C13H22N4O2. The second-order valence-electron chi connectivity index (χ2n) is 5.19. The van der Waals surface area contributed by atoms with Crippen LogP contribution < -0.4 is 11.3 Å². The van der Waals surface area contributed by atoms with Gasteiger partial charge in [-0.05, 0) is 52.2 Å². The molecule has 0 unspecified atom stereocenters. The fourth-order valence-corrected chi connectivity index (χ4v) is 2.47. The number of carbonyl (C=O) groups is 1. The molecule has 0 aliphatic carbocycles. The number of nitrogen functional groups attached to an aromatic ring is 1. The molecule has 1 fully saturated rings. The van der Waals surface area contributed by atoms with Crippen molar-refractivity contribution >= 4 is 5.91 Å². The van der Waals surface area contributed by atoms with Crippen LogP contribution in [0.1, 0.15) is 29.2 Å². The molecule has 1 aliphatic heterocycles. The number of nitrogens with zero attached hydrogens (tertiary/aromatic N) is 2. The zero-order valence-corrected chi connectivity index (χ0v) is 11.6. The Hall–Kier alpha value is -1.37. The van der Waals surface area contributed by atoms with E-state index in [1.54, 1.807) is 6.07 Å². The summed E-state index contributed by atoms with van der Waals surface area (Å²) in [5.74, 6) is 5.72. The number of amides is 1. The molecule has 0 radical (unpaired) electrons. The lowest BCUT2D eigenvalue weighted by Gasteiger charge is -2.34. The molecule has 106 valence electrons. The van der Waals surface area contributed by atoms with Crippen LogP contribution in [0.5, 0.6) is 0 Å². The van der Waals surface area contributed by atoms with Gasteiger partial charge in [0.1, 0.15) is 5.76 Å². The summed E-state index contributed by atoms with van der Waals surface area (Å²) >= 11 is 0. The Morgan fingerprint density at radius 2 is 2.21 bits per heavy atom. The lowest BCUT2D eigenvalue weighted by atomic mass is 10.0. The first-order valence-electron chi connectivity index (χ1n) is 6.58. The van der Waals surface area contributed by atoms with Gasteiger partial charge in [0.05, 0.1) is 6.54 Å². The molecule has 2 rings (SSSR count). The van der Waals surface area contributed by atoms with Gasteiger partial charge in [-0.3, -0.25) is 15.1 Å². The second-order valence-corrected chi connectivity index (χ2v) is 5.19. The molecule has 6 nitrogen and oxygen atoms in total. The third kappa shape index (κ3) is 3.56. The van der Waals surface area contributed by atoms with Gasteiger partial charge >= 0.3 is 5.91 Å². The molecule has 1 saturated heterocycles. The summed E-state index contributed by atoms with van der Waals surface area (Å²) in [7, 11) is 4.25. The Morgan fingerprint density at radius 1 is 1.53 bits per heavy atom. The number of hydrogen-bond donors (Lipinski definition) is 2. The van der Waals surface area contributed by atoms with E-state index in [2.05, 4.69) is 29.3 Å². The maximum absolute atomic E-state index is 11.3. The van der Waals surface area contributed by atoms with Crippen LogP contribution in [0.4, 0.5) is 0 Å². The zero-order chi connectivity index (χ0) is 13.8. The van der Waals surface area contributed by atoms with Crippen LogP contribution in [0.3, 0.4) is 0 Å². The van der Waals surface area contributed by atoms with Crippen LogP contribution in [0.15, 0.2) is 16.5 Å². The van der Waals surface area contributed by atoms with Gasteiger partial charge in [0, 0.05) is 6.04 Å². The van der Waals surface area contributed by atoms with Crippen LogP contribution in [0.2, 0.25) is 0 Å². The van der Waals surface area contributed by atoms with Gasteiger partial charge in [0.25, 0.3) is 0 Å². The van der Waals surface area contributed by atoms with Crippen molar-refractivity contribution in [2.75, 3.05) is 27.2 Å². The first-order valence-corrected chi connectivity index (χ1v) is 6.58. The molecule has 0 spiro atoms. The van der Waals surface area contributed by atoms with Gasteiger partial charge in [-0.15, -0.1) is 0 Å². The van der Waals surface area contributed by atoms with Crippen LogP contribution in [-0.2, 0) is 6.54 Å². The number of hydrogen-bond acceptors (Lipinski definition) is 5. The maximum Gasteiger partial charge on any atom is 0.300 e. The van der Waals surface area contributed by atoms with Crippen molar-refractivity contribution < 1.29 is 9.21 Å². The lowest BCUT2D eigenvalue weighted by Crippen LogP contribution is -2.41. The number of furan rings is 1. The molecule has 3 N–H and O–H groups in total. The number of carbonyl (C=O) groups excluding carboxylic acids is 1. The van der Waals surface area contributed by atoms with E-state index in [0.29, 0.717) is 12.6 Å². The van der Waals surface area contributed by atoms with E-state index < -0.39 is 5.91 Å². The third-order valence-corrected chi connectivity index (χ3v) is 3.73. The molecular weight excluding hydrogens is 244 g/mol. The number of hydrazine groups is 1. The predicted octanol–water partition coefficient (Wildman–Crippen LogP) is 0.409. The van der Waals surface area contributed by atoms with Gasteiger partial charge in [-0.25, -0.2) is 5.84 Å². The average molecular weight is 266 g/mol. The molecule has 2 heterocycles. The van der Waals surface area contributed by atoms with Crippen molar-refractivity contribution in [1.29, 1.82) is 0 Å². The van der Waals surface area contributed by atoms with Crippen LogP contribution in [0.25, 0.3) is 0 Å². The van der Waals surface area contributed by atoms with E-state index in [1.807, 2.05) is 6.07 Å². The zero-order valence-electron chi connectivity index (χ0n) is 11.6. The molecule has 0 bridgehead atoms. The molecule has 1 aliphatic rings. The number of rotatable bonds is 4. The standard InChI is InChI=1S/C13H22N4O2/c1-16-7-5-10(6-8-16)17(2)9-11-3-4-12(19-11)13(18)15-14/h3-4,10H,5-9,14H2,1-2H3,(H,15,18). The summed E-state index contributed by atoms with van der Waals surface area (Å²) in [6.45, 7) is 2.98. The van der Waals surface area contributed by atoms with Crippen molar-refractivity contribution in [2.45, 2.75) is 25.4 Å². The topological polar surface area (TPSA) is 74.7 Å². The smallest absolute Gasteiger partial charge is 0.300 e. The van der Waals surface area contributed by atoms with E-state index in [1.165, 1.54) is 12.8 Å². The highest BCUT2D eigenvalue weighted by Gasteiger charge is 2.21. The van der Waals surface area contributed by atoms with Crippen LogP contribution in [0, 0.1) is 0 Å². The lowest BCUT2D eigenvalue weighted by molar-refractivity contribution is 0.0918. The number of piperidine rings is 1. The van der Waals surface area contributed by atoms with Crippen molar-refractivity contribution in [3.63, 3.8) is 0 Å². The summed E-state index contributed by atoms with van der Waals surface area (Å²) in [5, 5.41) is 0. The molecule has 1 amide bonds. The minimum Gasteiger partial charge on any atom is -0.455 e. The predicted molar refractivity (Wildman–Crippen MR) is 72.3 cm³/mol. The number of nitrogens with one attached hydrogen (secondary N) is 1. The molecule has 0 atom stereocenters. The summed E-state index contributed by atoms with van der Waals surface area (Å²) in [6, 6.07) is 4.06. The Bertz CT molecular complexity index is 424. The van der Waals surface area contributed by atoms with Crippen molar-refractivity contribution in [3.8, 4) is 0 Å². The van der Waals surface area contributed by atoms with E-state index >= 15 is 0 Å². The van der Waals surface area contributed by atoms with Gasteiger partial charge in [-0.1, -0.05) is 0 Å². The van der Waals surface area contributed by atoms with Crippen molar-refractivity contribution in [3.05, 3.63) is 23.7 Å². The third-order valence-electron chi connectivity index (χ3n) is 3.73. The summed E-state index contributed by atoms with van der Waals surface area (Å²) in [4.78, 5) is 15.9. The molecule has 6 heteroatoms. The van der Waals surface area contributed by atoms with Crippen molar-refractivity contribution in [1.82, 2.24) is 15.2 Å². The van der Waals surface area contributed by atoms with Crippen molar-refractivity contribution in [2.24, 2.45) is 5.84 Å². The highest BCUT2D eigenvalue weighted by Crippen LogP contribution is 2.17. The quantitative estimate of drug-likeness (QED) is 0.469. The number of likely N-dealkylation sites (tertiary alicyclic amines) is 1. The summed E-state index contributed by atoms with van der Waals surface area (Å²) in [5.41, 5.74) is 2.06. The maximum atomic E-state index is 11.3. The second kappa shape index (κ2) is 6.18. The fourth-order valence-electron chi connectivity index (χ4n) is 2.47. The largest absolute Gasteiger partial charge is 0.455 e. The Labute approximate surface area is 113 Å². The SMILES string of the molecule is CN1CCC(N(C)Cc2ccc(C(=O)NN)o2)CC1. The summed E-state index contributed by atoms with van der Waals surface area (Å²) in [6.07, 6.45) is 2.34. The van der Waals surface area contributed by atoms with E-state index in [0.717, 1.165) is 18.8 Å². The minimum atomic E-state index is -0.395. The molecule has 1 aromatic rings. The first kappa shape index (κ1) is 14.0. The van der Waals surface area contributed by atoms with Gasteiger partial charge in [0.15, 0.2) is 5.76 Å². The van der Waals surface area contributed by atoms with Crippen LogP contribution >= 0.6 is 0 Å². The Morgan fingerprint density at radius 3 is 2.84 bits per heavy atom. The van der Waals surface area contributed by atoms with Crippen LogP contribution in [-0.4, -0.2) is 48.9 Å². The molecule has 19 heavy (non-hydrogen) atoms. The highest BCUT2D eigenvalue weighted by molar-refractivity contribution is 5.90. The van der Waals surface area contributed by atoms with E-state index in [-0.39, 0.29) is 5.76 Å². The highest BCUT2D eigenvalue weighted by atomic mass is 16.4. The van der Waals surface area contributed by atoms with Gasteiger partial charge in [-0.2, -0.15) is 0 Å². The first-order chi connectivity index (χ1) is 9.10. The normalized spacial score (nSPS) is 17.9. The average Bonchev–Trinajstić information content (AvgIpc) is 2.87. The summed E-state index contributed by atoms with van der Waals surface area (Å²) < 4.78 is 5.47. The van der Waals surface area contributed by atoms with Gasteiger partial charge in [0.2, 0.25) is 0 Å². The van der Waals surface area contributed by atoms with Gasteiger partial charge < -0.3 is 9.32 Å². The van der Waals surface area contributed by atoms with E-state index in [4.69, 9.17) is 10.3 Å². The monoisotopic (exact) mass is 266 g/mol. The number of nitrogens with two attached hydrogens (primary N) is 1. The molecule has 0 saturated carbocycles.